The molecule has 16 heavy (non-hydrogen) atoms. The van der Waals surface area contributed by atoms with Crippen molar-refractivity contribution in [1.29, 1.82) is 0 Å². The first-order valence-electron chi connectivity index (χ1n) is 6.27. The highest BCUT2D eigenvalue weighted by atomic mass is 16.4. The molecule has 2 N–H and O–H groups in total. The van der Waals surface area contributed by atoms with Gasteiger partial charge in [-0.3, -0.25) is 4.79 Å². The zero-order valence-electron chi connectivity index (χ0n) is 10.0. The predicted octanol–water partition coefficient (Wildman–Crippen LogP) is 0.925. The summed E-state index contributed by atoms with van der Waals surface area (Å²) >= 11 is 0. The van der Waals surface area contributed by atoms with Crippen molar-refractivity contribution < 1.29 is 9.90 Å². The van der Waals surface area contributed by atoms with Gasteiger partial charge in [0, 0.05) is 25.2 Å². The van der Waals surface area contributed by atoms with Crippen molar-refractivity contribution in [3.63, 3.8) is 0 Å². The molecule has 2 aliphatic rings. The first-order valence-corrected chi connectivity index (χ1v) is 6.27. The lowest BCUT2D eigenvalue weighted by Crippen LogP contribution is -2.47. The number of hydrogen-bond acceptors (Lipinski definition) is 3. The fourth-order valence-corrected chi connectivity index (χ4v) is 2.69. The predicted molar refractivity (Wildman–Crippen MR) is 62.4 cm³/mol. The molecule has 0 amide bonds. The summed E-state index contributed by atoms with van der Waals surface area (Å²) in [5.41, 5.74) is 0.00212. The lowest BCUT2D eigenvalue weighted by molar-refractivity contribution is -0.136. The Bertz CT molecular complexity index is 266. The second-order valence-corrected chi connectivity index (χ2v) is 5.59. The van der Waals surface area contributed by atoms with Gasteiger partial charge in [-0.15, -0.1) is 0 Å². The number of carboxylic acids is 1. The lowest BCUT2D eigenvalue weighted by Gasteiger charge is -2.31. The molecule has 0 radical (unpaired) electrons. The van der Waals surface area contributed by atoms with Crippen LogP contribution in [0.25, 0.3) is 0 Å². The maximum atomic E-state index is 10.5. The van der Waals surface area contributed by atoms with Crippen LogP contribution in [-0.4, -0.2) is 47.7 Å². The number of nitrogens with zero attached hydrogens (tertiary/aromatic N) is 1. The summed E-state index contributed by atoms with van der Waals surface area (Å²) in [6, 6.07) is 0. The topological polar surface area (TPSA) is 52.6 Å². The van der Waals surface area contributed by atoms with Gasteiger partial charge >= 0.3 is 5.97 Å². The Morgan fingerprint density at radius 2 is 2.31 bits per heavy atom. The van der Waals surface area contributed by atoms with Crippen LogP contribution < -0.4 is 5.32 Å². The summed E-state index contributed by atoms with van der Waals surface area (Å²) in [4.78, 5) is 13.0. The molecule has 92 valence electrons. The van der Waals surface area contributed by atoms with Crippen LogP contribution in [0.15, 0.2) is 0 Å². The van der Waals surface area contributed by atoms with Crippen LogP contribution in [0.3, 0.4) is 0 Å². The molecule has 1 heterocycles. The minimum Gasteiger partial charge on any atom is -0.480 e. The SMILES string of the molecule is C[C@]1(NCC(=O)O)CCN(CC2CCC2)C1. The highest BCUT2D eigenvalue weighted by molar-refractivity contribution is 5.69. The number of aliphatic carboxylic acids is 1. The molecule has 1 atom stereocenters. The summed E-state index contributed by atoms with van der Waals surface area (Å²) in [5, 5.41) is 11.8. The first kappa shape index (κ1) is 11.9. The Hall–Kier alpha value is -0.610. The fraction of sp³-hybridized carbons (Fsp3) is 0.917. The Kier molecular flexibility index (Phi) is 3.50. The summed E-state index contributed by atoms with van der Waals surface area (Å²) in [7, 11) is 0. The largest absolute Gasteiger partial charge is 0.480 e. The van der Waals surface area contributed by atoms with E-state index in [4.69, 9.17) is 5.11 Å². The molecule has 0 bridgehead atoms. The minimum absolute atomic E-state index is 0.00212. The van der Waals surface area contributed by atoms with Crippen molar-refractivity contribution in [3.05, 3.63) is 0 Å². The van der Waals surface area contributed by atoms with Gasteiger partial charge in [0.2, 0.25) is 0 Å². The lowest BCUT2D eigenvalue weighted by atomic mass is 9.85. The standard InChI is InChI=1S/C12H22N2O2/c1-12(13-7-11(15)16)5-6-14(9-12)8-10-3-2-4-10/h10,13H,2-9H2,1H3,(H,15,16)/t12-/m0/s1. The van der Waals surface area contributed by atoms with Gasteiger partial charge in [-0.05, 0) is 32.1 Å². The van der Waals surface area contributed by atoms with Crippen LogP contribution in [0.4, 0.5) is 0 Å². The summed E-state index contributed by atoms with van der Waals surface area (Å²) in [5.74, 6) is 0.139. The van der Waals surface area contributed by atoms with E-state index >= 15 is 0 Å². The van der Waals surface area contributed by atoms with Crippen LogP contribution in [0, 0.1) is 5.92 Å². The second kappa shape index (κ2) is 4.72. The maximum absolute atomic E-state index is 10.5. The third kappa shape index (κ3) is 2.95. The van der Waals surface area contributed by atoms with Crippen molar-refractivity contribution >= 4 is 5.97 Å². The molecule has 2 fully saturated rings. The molecule has 0 spiro atoms. The third-order valence-electron chi connectivity index (χ3n) is 3.96. The van der Waals surface area contributed by atoms with Crippen LogP contribution in [0.5, 0.6) is 0 Å². The molecular formula is C12H22N2O2. The summed E-state index contributed by atoms with van der Waals surface area (Å²) in [6.45, 7) is 5.53. The van der Waals surface area contributed by atoms with Gasteiger partial charge in [0.15, 0.2) is 0 Å². The van der Waals surface area contributed by atoms with E-state index in [9.17, 15) is 4.79 Å². The van der Waals surface area contributed by atoms with Gasteiger partial charge in [0.25, 0.3) is 0 Å². The summed E-state index contributed by atoms with van der Waals surface area (Å²) in [6.07, 6.45) is 5.23. The molecule has 1 aliphatic heterocycles. The molecule has 4 heteroatoms. The van der Waals surface area contributed by atoms with E-state index in [2.05, 4.69) is 17.1 Å². The Morgan fingerprint density at radius 1 is 1.56 bits per heavy atom. The van der Waals surface area contributed by atoms with E-state index in [1.54, 1.807) is 0 Å². The zero-order chi connectivity index (χ0) is 11.6. The van der Waals surface area contributed by atoms with E-state index in [0.29, 0.717) is 0 Å². The second-order valence-electron chi connectivity index (χ2n) is 5.59. The van der Waals surface area contributed by atoms with E-state index in [1.165, 1.54) is 25.8 Å². The molecular weight excluding hydrogens is 204 g/mol. The van der Waals surface area contributed by atoms with E-state index in [1.807, 2.05) is 0 Å². The molecule has 1 saturated heterocycles. The molecule has 0 aromatic carbocycles. The van der Waals surface area contributed by atoms with E-state index < -0.39 is 5.97 Å². The quantitative estimate of drug-likeness (QED) is 0.732. The molecule has 4 nitrogen and oxygen atoms in total. The first-order chi connectivity index (χ1) is 7.57. The van der Waals surface area contributed by atoms with Gasteiger partial charge in [-0.1, -0.05) is 6.42 Å². The van der Waals surface area contributed by atoms with Crippen molar-refractivity contribution in [2.75, 3.05) is 26.2 Å². The van der Waals surface area contributed by atoms with Crippen molar-refractivity contribution in [3.8, 4) is 0 Å². The van der Waals surface area contributed by atoms with Crippen LogP contribution >= 0.6 is 0 Å². The van der Waals surface area contributed by atoms with Crippen LogP contribution in [0.2, 0.25) is 0 Å². The normalized spacial score (nSPS) is 31.6. The van der Waals surface area contributed by atoms with Gasteiger partial charge in [-0.25, -0.2) is 0 Å². The Balaban J connectivity index is 1.74. The molecule has 0 aromatic heterocycles. The number of likely N-dealkylation sites (tertiary alicyclic amines) is 1. The fourth-order valence-electron chi connectivity index (χ4n) is 2.69. The van der Waals surface area contributed by atoms with Crippen LogP contribution in [-0.2, 0) is 4.79 Å². The van der Waals surface area contributed by atoms with Gasteiger partial charge in [-0.2, -0.15) is 0 Å². The molecule has 1 saturated carbocycles. The third-order valence-corrected chi connectivity index (χ3v) is 3.96. The maximum Gasteiger partial charge on any atom is 0.317 e. The van der Waals surface area contributed by atoms with E-state index in [-0.39, 0.29) is 12.1 Å². The number of nitrogens with one attached hydrogen (secondary N) is 1. The Labute approximate surface area is 97.0 Å². The smallest absolute Gasteiger partial charge is 0.317 e. The average Bonchev–Trinajstić information content (AvgIpc) is 2.52. The number of rotatable bonds is 5. The van der Waals surface area contributed by atoms with Crippen molar-refractivity contribution in [2.24, 2.45) is 5.92 Å². The molecule has 0 aromatic rings. The highest BCUT2D eigenvalue weighted by Crippen LogP contribution is 2.30. The van der Waals surface area contributed by atoms with E-state index in [0.717, 1.165) is 25.4 Å². The molecule has 1 aliphatic carbocycles. The monoisotopic (exact) mass is 226 g/mol. The molecule has 0 unspecified atom stereocenters. The zero-order valence-corrected chi connectivity index (χ0v) is 10.0. The number of carbonyl (C=O) groups is 1. The minimum atomic E-state index is -0.765. The number of hydrogen-bond donors (Lipinski definition) is 2. The highest BCUT2D eigenvalue weighted by Gasteiger charge is 2.35. The average molecular weight is 226 g/mol. The Morgan fingerprint density at radius 3 is 2.88 bits per heavy atom. The van der Waals surface area contributed by atoms with Crippen LogP contribution in [0.1, 0.15) is 32.6 Å². The van der Waals surface area contributed by atoms with Crippen molar-refractivity contribution in [1.82, 2.24) is 10.2 Å². The summed E-state index contributed by atoms with van der Waals surface area (Å²) < 4.78 is 0. The van der Waals surface area contributed by atoms with Gasteiger partial charge in [0.1, 0.15) is 0 Å². The van der Waals surface area contributed by atoms with Gasteiger partial charge < -0.3 is 15.3 Å². The number of carboxylic acid groups (broad SMARTS) is 1. The van der Waals surface area contributed by atoms with Gasteiger partial charge in [0.05, 0.1) is 6.54 Å². The van der Waals surface area contributed by atoms with Crippen molar-refractivity contribution in [2.45, 2.75) is 38.1 Å². The molecule has 2 rings (SSSR count).